The van der Waals surface area contributed by atoms with E-state index in [4.69, 9.17) is 0 Å². The van der Waals surface area contributed by atoms with E-state index >= 15 is 0 Å². The van der Waals surface area contributed by atoms with Crippen LogP contribution in [0.4, 0.5) is 15.8 Å². The summed E-state index contributed by atoms with van der Waals surface area (Å²) in [5.74, 6) is -1.53. The summed E-state index contributed by atoms with van der Waals surface area (Å²) in [4.78, 5) is 25.3. The second kappa shape index (κ2) is 10.4. The van der Waals surface area contributed by atoms with Crippen molar-refractivity contribution in [3.05, 3.63) is 59.9 Å². The Hall–Kier alpha value is -2.98. The minimum Gasteiger partial charge on any atom is -0.350 e. The Morgan fingerprint density at radius 3 is 2.26 bits per heavy atom. The molecule has 10 heteroatoms. The largest absolute Gasteiger partial charge is 0.350 e. The van der Waals surface area contributed by atoms with Crippen LogP contribution in [0.1, 0.15) is 30.6 Å². The maximum Gasteiger partial charge on any atom is 0.304 e. The number of carbonyl (C=O) groups excluding carboxylic acids is 2. The SMILES string of the molecule is CCC(C)NC(=O)c1ccccc1NC(=O)CN(c1ccc(F)cc1)S(=O)(=O)N(C)C. The van der Waals surface area contributed by atoms with Crippen LogP contribution in [0.2, 0.25) is 0 Å². The summed E-state index contributed by atoms with van der Waals surface area (Å²) in [7, 11) is -1.37. The molecule has 0 saturated heterocycles. The first-order valence-electron chi connectivity index (χ1n) is 9.71. The Labute approximate surface area is 182 Å². The summed E-state index contributed by atoms with van der Waals surface area (Å²) in [6, 6.07) is 11.2. The van der Waals surface area contributed by atoms with Crippen molar-refractivity contribution in [1.82, 2.24) is 9.62 Å². The van der Waals surface area contributed by atoms with Crippen LogP contribution in [-0.4, -0.2) is 51.2 Å². The number of nitrogens with one attached hydrogen (secondary N) is 2. The highest BCUT2D eigenvalue weighted by molar-refractivity contribution is 7.90. The molecule has 1 unspecified atom stereocenters. The van der Waals surface area contributed by atoms with Gasteiger partial charge in [-0.05, 0) is 49.7 Å². The summed E-state index contributed by atoms with van der Waals surface area (Å²) in [5.41, 5.74) is 0.655. The standard InChI is InChI=1S/C21H27FN4O4S/c1-5-15(2)23-21(28)18-8-6-7-9-19(18)24-20(27)14-26(31(29,30)25(3)4)17-12-10-16(22)11-13-17/h6-13,15H,5,14H2,1-4H3,(H,23,28)(H,24,27). The lowest BCUT2D eigenvalue weighted by Crippen LogP contribution is -2.44. The average molecular weight is 451 g/mol. The number of rotatable bonds is 9. The highest BCUT2D eigenvalue weighted by Crippen LogP contribution is 2.21. The Balaban J connectivity index is 2.28. The van der Waals surface area contributed by atoms with Crippen LogP contribution < -0.4 is 14.9 Å². The smallest absolute Gasteiger partial charge is 0.304 e. The topological polar surface area (TPSA) is 98.8 Å². The second-order valence-corrected chi connectivity index (χ2v) is 9.22. The predicted octanol–water partition coefficient (Wildman–Crippen LogP) is 2.61. The van der Waals surface area contributed by atoms with E-state index < -0.39 is 28.5 Å². The Kier molecular flexibility index (Phi) is 8.12. The molecule has 168 valence electrons. The van der Waals surface area contributed by atoms with Gasteiger partial charge in [0.25, 0.3) is 5.91 Å². The Morgan fingerprint density at radius 1 is 1.06 bits per heavy atom. The van der Waals surface area contributed by atoms with Crippen molar-refractivity contribution in [2.75, 3.05) is 30.3 Å². The third-order valence-corrected chi connectivity index (χ3v) is 6.40. The number of carbonyl (C=O) groups is 2. The fraction of sp³-hybridized carbons (Fsp3) is 0.333. The van der Waals surface area contributed by atoms with E-state index in [0.29, 0.717) is 0 Å². The van der Waals surface area contributed by atoms with Gasteiger partial charge in [-0.15, -0.1) is 0 Å². The molecule has 0 fully saturated rings. The van der Waals surface area contributed by atoms with E-state index in [1.165, 1.54) is 26.2 Å². The van der Waals surface area contributed by atoms with E-state index in [1.54, 1.807) is 24.3 Å². The molecule has 1 atom stereocenters. The van der Waals surface area contributed by atoms with Crippen molar-refractivity contribution in [1.29, 1.82) is 0 Å². The molecule has 2 rings (SSSR count). The van der Waals surface area contributed by atoms with Crippen molar-refractivity contribution in [3.63, 3.8) is 0 Å². The third-order valence-electron chi connectivity index (χ3n) is 4.58. The van der Waals surface area contributed by atoms with Crippen molar-refractivity contribution >= 4 is 33.4 Å². The number of hydrogen-bond acceptors (Lipinski definition) is 4. The number of anilines is 2. The normalized spacial score (nSPS) is 12.3. The zero-order chi connectivity index (χ0) is 23.2. The number of benzene rings is 2. The fourth-order valence-corrected chi connectivity index (χ4v) is 3.69. The van der Waals surface area contributed by atoms with Crippen LogP contribution in [0.25, 0.3) is 0 Å². The molecule has 2 aromatic rings. The molecule has 0 aliphatic carbocycles. The van der Waals surface area contributed by atoms with Gasteiger partial charge in [0, 0.05) is 20.1 Å². The molecule has 0 aliphatic rings. The van der Waals surface area contributed by atoms with Crippen LogP contribution in [-0.2, 0) is 15.0 Å². The number of amides is 2. The first-order chi connectivity index (χ1) is 14.6. The highest BCUT2D eigenvalue weighted by Gasteiger charge is 2.27. The van der Waals surface area contributed by atoms with E-state index in [2.05, 4.69) is 10.6 Å². The summed E-state index contributed by atoms with van der Waals surface area (Å²) < 4.78 is 40.6. The molecular weight excluding hydrogens is 423 g/mol. The quantitative estimate of drug-likeness (QED) is 0.614. The maximum atomic E-state index is 13.3. The number of nitrogens with zero attached hydrogens (tertiary/aromatic N) is 2. The Morgan fingerprint density at radius 2 is 1.68 bits per heavy atom. The Bertz CT molecular complexity index is 1030. The lowest BCUT2D eigenvalue weighted by atomic mass is 10.1. The molecule has 0 aliphatic heterocycles. The van der Waals surface area contributed by atoms with Crippen molar-refractivity contribution in [3.8, 4) is 0 Å². The minimum absolute atomic E-state index is 0.0459. The van der Waals surface area contributed by atoms with Gasteiger partial charge in [0.15, 0.2) is 0 Å². The molecule has 0 saturated carbocycles. The number of para-hydroxylation sites is 1. The summed E-state index contributed by atoms with van der Waals surface area (Å²) >= 11 is 0. The first kappa shape index (κ1) is 24.3. The average Bonchev–Trinajstić information content (AvgIpc) is 2.72. The van der Waals surface area contributed by atoms with Gasteiger partial charge in [-0.3, -0.25) is 9.59 Å². The number of hydrogen-bond donors (Lipinski definition) is 2. The maximum absolute atomic E-state index is 13.3. The van der Waals surface area contributed by atoms with Crippen LogP contribution >= 0.6 is 0 Å². The van der Waals surface area contributed by atoms with Gasteiger partial charge in [-0.25, -0.2) is 8.70 Å². The van der Waals surface area contributed by atoms with Gasteiger partial charge in [-0.2, -0.15) is 12.7 Å². The van der Waals surface area contributed by atoms with Gasteiger partial charge >= 0.3 is 10.2 Å². The molecule has 0 aromatic heterocycles. The fourth-order valence-electron chi connectivity index (χ4n) is 2.62. The molecule has 2 N–H and O–H groups in total. The highest BCUT2D eigenvalue weighted by atomic mass is 32.2. The lowest BCUT2D eigenvalue weighted by Gasteiger charge is -2.27. The van der Waals surface area contributed by atoms with Gasteiger partial charge in [0.05, 0.1) is 16.9 Å². The molecule has 0 spiro atoms. The monoisotopic (exact) mass is 450 g/mol. The second-order valence-electron chi connectivity index (χ2n) is 7.15. The first-order valence-corrected chi connectivity index (χ1v) is 11.1. The summed E-state index contributed by atoms with van der Waals surface area (Å²) in [5, 5.41) is 5.44. The van der Waals surface area contributed by atoms with E-state index in [1.807, 2.05) is 13.8 Å². The van der Waals surface area contributed by atoms with Crippen LogP contribution in [0, 0.1) is 5.82 Å². The molecule has 0 bridgehead atoms. The zero-order valence-corrected chi connectivity index (χ0v) is 18.7. The van der Waals surface area contributed by atoms with E-state index in [0.717, 1.165) is 27.2 Å². The van der Waals surface area contributed by atoms with Crippen LogP contribution in [0.3, 0.4) is 0 Å². The molecule has 31 heavy (non-hydrogen) atoms. The number of halogens is 1. The van der Waals surface area contributed by atoms with Crippen LogP contribution in [0.15, 0.2) is 48.5 Å². The van der Waals surface area contributed by atoms with Crippen molar-refractivity contribution in [2.24, 2.45) is 0 Å². The van der Waals surface area contributed by atoms with Crippen molar-refractivity contribution in [2.45, 2.75) is 26.3 Å². The molecule has 8 nitrogen and oxygen atoms in total. The van der Waals surface area contributed by atoms with Gasteiger partial charge < -0.3 is 10.6 Å². The van der Waals surface area contributed by atoms with E-state index in [9.17, 15) is 22.4 Å². The third kappa shape index (κ3) is 6.25. The minimum atomic E-state index is -4.03. The van der Waals surface area contributed by atoms with Gasteiger partial charge in [-0.1, -0.05) is 19.1 Å². The van der Waals surface area contributed by atoms with Crippen molar-refractivity contribution < 1.29 is 22.4 Å². The molecular formula is C21H27FN4O4S. The molecule has 0 radical (unpaired) electrons. The van der Waals surface area contributed by atoms with E-state index in [-0.39, 0.29) is 28.9 Å². The summed E-state index contributed by atoms with van der Waals surface area (Å²) in [6.07, 6.45) is 0.745. The van der Waals surface area contributed by atoms with Gasteiger partial charge in [0.2, 0.25) is 5.91 Å². The van der Waals surface area contributed by atoms with Gasteiger partial charge in [0.1, 0.15) is 12.4 Å². The zero-order valence-electron chi connectivity index (χ0n) is 17.9. The molecule has 0 heterocycles. The lowest BCUT2D eigenvalue weighted by molar-refractivity contribution is -0.114. The molecule has 2 amide bonds. The van der Waals surface area contributed by atoms with Crippen LogP contribution in [0.5, 0.6) is 0 Å². The summed E-state index contributed by atoms with van der Waals surface area (Å²) in [6.45, 7) is 3.24. The predicted molar refractivity (Wildman–Crippen MR) is 119 cm³/mol. The molecule has 2 aromatic carbocycles.